The van der Waals surface area contributed by atoms with E-state index in [9.17, 15) is 0 Å². The molecule has 2 aliphatic rings. The van der Waals surface area contributed by atoms with Gasteiger partial charge in [0.1, 0.15) is 0 Å². The molecule has 0 aliphatic carbocycles. The van der Waals surface area contributed by atoms with Gasteiger partial charge in [0.15, 0.2) is 0 Å². The van der Waals surface area contributed by atoms with E-state index in [4.69, 9.17) is 9.47 Å². The molecular formula is C14H26O2. The van der Waals surface area contributed by atoms with E-state index in [-0.39, 0.29) is 5.41 Å². The van der Waals surface area contributed by atoms with E-state index in [1.165, 1.54) is 44.9 Å². The molecule has 0 N–H and O–H groups in total. The SMILES string of the molecule is CCCCC(C)(C1CCCO1)C1CCCO1. The maximum atomic E-state index is 5.95. The monoisotopic (exact) mass is 226 g/mol. The van der Waals surface area contributed by atoms with E-state index in [2.05, 4.69) is 13.8 Å². The fourth-order valence-corrected chi connectivity index (χ4v) is 3.28. The predicted molar refractivity (Wildman–Crippen MR) is 65.6 cm³/mol. The quantitative estimate of drug-likeness (QED) is 0.714. The van der Waals surface area contributed by atoms with E-state index in [1.807, 2.05) is 0 Å². The van der Waals surface area contributed by atoms with Crippen LogP contribution in [0.4, 0.5) is 0 Å². The summed E-state index contributed by atoms with van der Waals surface area (Å²) in [6.07, 6.45) is 9.67. The number of unbranched alkanes of at least 4 members (excludes halogenated alkanes) is 1. The van der Waals surface area contributed by atoms with Crippen molar-refractivity contribution in [1.29, 1.82) is 0 Å². The zero-order valence-electron chi connectivity index (χ0n) is 10.8. The summed E-state index contributed by atoms with van der Waals surface area (Å²) in [6, 6.07) is 0. The third kappa shape index (κ3) is 2.43. The van der Waals surface area contributed by atoms with Crippen LogP contribution in [-0.4, -0.2) is 25.4 Å². The molecule has 2 heterocycles. The van der Waals surface area contributed by atoms with Crippen molar-refractivity contribution in [3.8, 4) is 0 Å². The Hall–Kier alpha value is -0.0800. The van der Waals surface area contributed by atoms with Crippen molar-refractivity contribution in [2.75, 3.05) is 13.2 Å². The van der Waals surface area contributed by atoms with Crippen molar-refractivity contribution in [2.45, 2.75) is 71.0 Å². The Morgan fingerprint density at radius 2 is 1.62 bits per heavy atom. The van der Waals surface area contributed by atoms with Crippen LogP contribution in [0, 0.1) is 5.41 Å². The van der Waals surface area contributed by atoms with Crippen molar-refractivity contribution in [3.63, 3.8) is 0 Å². The first-order chi connectivity index (χ1) is 7.77. The predicted octanol–water partition coefficient (Wildman–Crippen LogP) is 3.54. The summed E-state index contributed by atoms with van der Waals surface area (Å²) in [7, 11) is 0. The van der Waals surface area contributed by atoms with Gasteiger partial charge in [-0.1, -0.05) is 26.7 Å². The topological polar surface area (TPSA) is 18.5 Å². The number of rotatable bonds is 5. The smallest absolute Gasteiger partial charge is 0.0654 e. The number of hydrogen-bond acceptors (Lipinski definition) is 2. The Morgan fingerprint density at radius 1 is 1.06 bits per heavy atom. The lowest BCUT2D eigenvalue weighted by molar-refractivity contribution is -0.0837. The van der Waals surface area contributed by atoms with Crippen LogP contribution in [0.25, 0.3) is 0 Å². The summed E-state index contributed by atoms with van der Waals surface area (Å²) >= 11 is 0. The molecule has 2 saturated heterocycles. The van der Waals surface area contributed by atoms with Crippen LogP contribution in [0.3, 0.4) is 0 Å². The van der Waals surface area contributed by atoms with Crippen LogP contribution in [0.1, 0.15) is 58.8 Å². The van der Waals surface area contributed by atoms with E-state index in [1.54, 1.807) is 0 Å². The average molecular weight is 226 g/mol. The Labute approximate surface area is 99.7 Å². The Balaban J connectivity index is 2.03. The van der Waals surface area contributed by atoms with Crippen molar-refractivity contribution >= 4 is 0 Å². The summed E-state index contributed by atoms with van der Waals surface area (Å²) in [6.45, 7) is 6.58. The molecule has 0 saturated carbocycles. The molecule has 0 aromatic rings. The van der Waals surface area contributed by atoms with Gasteiger partial charge in [0, 0.05) is 18.6 Å². The normalized spacial score (nSPS) is 34.1. The second-order valence-corrected chi connectivity index (χ2v) is 5.61. The van der Waals surface area contributed by atoms with Crippen molar-refractivity contribution < 1.29 is 9.47 Å². The lowest BCUT2D eigenvalue weighted by Crippen LogP contribution is -2.42. The van der Waals surface area contributed by atoms with Crippen LogP contribution in [0.5, 0.6) is 0 Å². The fraction of sp³-hybridized carbons (Fsp3) is 1.00. The molecule has 94 valence electrons. The summed E-state index contributed by atoms with van der Waals surface area (Å²) in [4.78, 5) is 0. The molecule has 2 heteroatoms. The van der Waals surface area contributed by atoms with Gasteiger partial charge in [-0.2, -0.15) is 0 Å². The highest BCUT2D eigenvalue weighted by atomic mass is 16.5. The third-order valence-electron chi connectivity index (χ3n) is 4.40. The minimum atomic E-state index is 0.267. The Morgan fingerprint density at radius 3 is 2.00 bits per heavy atom. The largest absolute Gasteiger partial charge is 0.378 e. The average Bonchev–Trinajstić information content (AvgIpc) is 2.96. The van der Waals surface area contributed by atoms with Crippen LogP contribution >= 0.6 is 0 Å². The molecule has 16 heavy (non-hydrogen) atoms. The summed E-state index contributed by atoms with van der Waals surface area (Å²) < 4.78 is 11.9. The zero-order valence-corrected chi connectivity index (χ0v) is 10.8. The van der Waals surface area contributed by atoms with Gasteiger partial charge < -0.3 is 9.47 Å². The molecule has 2 atom stereocenters. The van der Waals surface area contributed by atoms with E-state index in [0.717, 1.165) is 13.2 Å². The van der Waals surface area contributed by atoms with Crippen LogP contribution in [0.2, 0.25) is 0 Å². The van der Waals surface area contributed by atoms with Crippen LogP contribution in [0.15, 0.2) is 0 Å². The molecule has 2 unspecified atom stereocenters. The lowest BCUT2D eigenvalue weighted by atomic mass is 9.73. The van der Waals surface area contributed by atoms with Crippen LogP contribution in [-0.2, 0) is 9.47 Å². The molecule has 0 bridgehead atoms. The Bertz CT molecular complexity index is 187. The van der Waals surface area contributed by atoms with Gasteiger partial charge in [-0.25, -0.2) is 0 Å². The molecular weight excluding hydrogens is 200 g/mol. The van der Waals surface area contributed by atoms with Gasteiger partial charge in [-0.05, 0) is 32.1 Å². The minimum Gasteiger partial charge on any atom is -0.378 e. The molecule has 2 aliphatic heterocycles. The number of hydrogen-bond donors (Lipinski definition) is 0. The van der Waals surface area contributed by atoms with Gasteiger partial charge in [0.05, 0.1) is 12.2 Å². The number of ether oxygens (including phenoxy) is 2. The van der Waals surface area contributed by atoms with Gasteiger partial charge in [0.25, 0.3) is 0 Å². The minimum absolute atomic E-state index is 0.267. The summed E-state index contributed by atoms with van der Waals surface area (Å²) in [5, 5.41) is 0. The van der Waals surface area contributed by atoms with Crippen molar-refractivity contribution in [1.82, 2.24) is 0 Å². The van der Waals surface area contributed by atoms with Crippen molar-refractivity contribution in [2.24, 2.45) is 5.41 Å². The first kappa shape index (κ1) is 12.4. The molecule has 2 rings (SSSR count). The second kappa shape index (κ2) is 5.50. The maximum Gasteiger partial charge on any atom is 0.0654 e. The zero-order chi connectivity index (χ0) is 11.4. The fourth-order valence-electron chi connectivity index (χ4n) is 3.28. The summed E-state index contributed by atoms with van der Waals surface area (Å²) in [5.74, 6) is 0. The van der Waals surface area contributed by atoms with E-state index < -0.39 is 0 Å². The molecule has 0 amide bonds. The first-order valence-corrected chi connectivity index (χ1v) is 7.00. The standard InChI is InChI=1S/C14H26O2/c1-3-4-9-14(2,12-7-5-10-15-12)13-8-6-11-16-13/h12-13H,3-11H2,1-2H3. The van der Waals surface area contributed by atoms with Crippen molar-refractivity contribution in [3.05, 3.63) is 0 Å². The maximum absolute atomic E-state index is 5.95. The van der Waals surface area contributed by atoms with E-state index in [0.29, 0.717) is 12.2 Å². The van der Waals surface area contributed by atoms with Gasteiger partial charge in [0.2, 0.25) is 0 Å². The van der Waals surface area contributed by atoms with Gasteiger partial charge in [-0.15, -0.1) is 0 Å². The third-order valence-corrected chi connectivity index (χ3v) is 4.40. The highest BCUT2D eigenvalue weighted by Crippen LogP contribution is 2.43. The molecule has 0 radical (unpaired) electrons. The molecule has 0 spiro atoms. The van der Waals surface area contributed by atoms with Gasteiger partial charge in [-0.3, -0.25) is 0 Å². The lowest BCUT2D eigenvalue weighted by Gasteiger charge is -2.39. The molecule has 0 aromatic heterocycles. The molecule has 0 aromatic carbocycles. The highest BCUT2D eigenvalue weighted by molar-refractivity contribution is 4.94. The second-order valence-electron chi connectivity index (χ2n) is 5.61. The first-order valence-electron chi connectivity index (χ1n) is 7.00. The highest BCUT2D eigenvalue weighted by Gasteiger charge is 2.44. The van der Waals surface area contributed by atoms with Gasteiger partial charge >= 0.3 is 0 Å². The summed E-state index contributed by atoms with van der Waals surface area (Å²) in [5.41, 5.74) is 0.267. The molecule has 2 nitrogen and oxygen atoms in total. The van der Waals surface area contributed by atoms with Crippen LogP contribution < -0.4 is 0 Å². The Kier molecular flexibility index (Phi) is 4.26. The van der Waals surface area contributed by atoms with E-state index >= 15 is 0 Å². The molecule has 2 fully saturated rings.